The number of rotatable bonds is 6. The minimum Gasteiger partial charge on any atom is -0.378 e. The Morgan fingerprint density at radius 2 is 1.42 bits per heavy atom. The summed E-state index contributed by atoms with van der Waals surface area (Å²) in [6, 6.07) is 18.6. The highest BCUT2D eigenvalue weighted by atomic mass is 32.2. The Morgan fingerprint density at radius 1 is 0.839 bits per heavy atom. The van der Waals surface area contributed by atoms with Crippen molar-refractivity contribution in [2.75, 3.05) is 52.5 Å². The molecule has 0 spiro atoms. The first-order valence-corrected chi connectivity index (χ1v) is 12.3. The molecule has 7 nitrogen and oxygen atoms in total. The molecule has 2 heterocycles. The first-order chi connectivity index (χ1) is 15.0. The van der Waals surface area contributed by atoms with E-state index in [2.05, 4.69) is 4.90 Å². The van der Waals surface area contributed by atoms with E-state index in [0.29, 0.717) is 52.5 Å². The summed E-state index contributed by atoms with van der Waals surface area (Å²) in [6.45, 7) is 4.09. The van der Waals surface area contributed by atoms with Crippen LogP contribution in [-0.4, -0.2) is 80.9 Å². The lowest BCUT2D eigenvalue weighted by molar-refractivity contribution is -0.142. The van der Waals surface area contributed by atoms with Crippen LogP contribution in [-0.2, 0) is 25.3 Å². The van der Waals surface area contributed by atoms with E-state index in [1.54, 1.807) is 4.31 Å². The van der Waals surface area contributed by atoms with Crippen LogP contribution in [0.25, 0.3) is 0 Å². The summed E-state index contributed by atoms with van der Waals surface area (Å²) in [7, 11) is -3.40. The SMILES string of the molecule is O=C([C@@H](c1ccccc1)N1CCN(S(=O)(=O)Cc2ccccc2)CC1)N1CCOCC1. The maximum Gasteiger partial charge on any atom is 0.244 e. The van der Waals surface area contributed by atoms with E-state index < -0.39 is 16.1 Å². The molecule has 0 radical (unpaired) electrons. The molecule has 1 amide bonds. The molecule has 0 bridgehead atoms. The number of carbonyl (C=O) groups is 1. The van der Waals surface area contributed by atoms with Crippen molar-refractivity contribution >= 4 is 15.9 Å². The fourth-order valence-corrected chi connectivity index (χ4v) is 5.73. The van der Waals surface area contributed by atoms with Gasteiger partial charge in [-0.2, -0.15) is 4.31 Å². The lowest BCUT2D eigenvalue weighted by atomic mass is 10.0. The van der Waals surface area contributed by atoms with Gasteiger partial charge in [0, 0.05) is 39.3 Å². The van der Waals surface area contributed by atoms with Crippen molar-refractivity contribution in [3.63, 3.8) is 0 Å². The number of hydrogen-bond acceptors (Lipinski definition) is 5. The lowest BCUT2D eigenvalue weighted by Crippen LogP contribution is -2.54. The Balaban J connectivity index is 1.46. The van der Waals surface area contributed by atoms with Crippen molar-refractivity contribution < 1.29 is 17.9 Å². The van der Waals surface area contributed by atoms with Crippen molar-refractivity contribution in [2.45, 2.75) is 11.8 Å². The van der Waals surface area contributed by atoms with Crippen molar-refractivity contribution in [3.05, 3.63) is 71.8 Å². The Hall–Kier alpha value is -2.26. The number of benzene rings is 2. The average Bonchev–Trinajstić information content (AvgIpc) is 2.81. The zero-order valence-corrected chi connectivity index (χ0v) is 18.4. The molecule has 2 fully saturated rings. The highest BCUT2D eigenvalue weighted by Crippen LogP contribution is 2.26. The summed E-state index contributed by atoms with van der Waals surface area (Å²) < 4.78 is 32.8. The molecule has 0 saturated carbocycles. The van der Waals surface area contributed by atoms with E-state index in [-0.39, 0.29) is 11.7 Å². The standard InChI is InChI=1S/C23H29N3O4S/c27-23(25-15-17-30-18-16-25)22(21-9-5-2-6-10-21)24-11-13-26(14-12-24)31(28,29)19-20-7-3-1-4-8-20/h1-10,22H,11-19H2/t22-/m1/s1. The number of amides is 1. The molecule has 0 aliphatic carbocycles. The predicted octanol–water partition coefficient (Wildman–Crippen LogP) is 1.73. The predicted molar refractivity (Wildman–Crippen MR) is 119 cm³/mol. The number of piperazine rings is 1. The maximum absolute atomic E-state index is 13.4. The molecular weight excluding hydrogens is 414 g/mol. The number of ether oxygens (including phenoxy) is 1. The normalized spacial score (nSPS) is 19.8. The van der Waals surface area contributed by atoms with Crippen LogP contribution >= 0.6 is 0 Å². The van der Waals surface area contributed by atoms with Crippen LogP contribution in [0.3, 0.4) is 0 Å². The van der Waals surface area contributed by atoms with Gasteiger partial charge in [-0.3, -0.25) is 9.69 Å². The highest BCUT2D eigenvalue weighted by molar-refractivity contribution is 7.88. The number of nitrogens with zero attached hydrogens (tertiary/aromatic N) is 3. The average molecular weight is 444 g/mol. The van der Waals surface area contributed by atoms with Crippen LogP contribution in [0.5, 0.6) is 0 Å². The van der Waals surface area contributed by atoms with Gasteiger partial charge in [0.2, 0.25) is 15.9 Å². The van der Waals surface area contributed by atoms with Crippen molar-refractivity contribution in [1.29, 1.82) is 0 Å². The van der Waals surface area contributed by atoms with Crippen LogP contribution in [0.1, 0.15) is 17.2 Å². The molecule has 1 atom stereocenters. The summed E-state index contributed by atoms with van der Waals surface area (Å²) >= 11 is 0. The monoisotopic (exact) mass is 443 g/mol. The van der Waals surface area contributed by atoms with Gasteiger partial charge in [-0.1, -0.05) is 60.7 Å². The second-order valence-electron chi connectivity index (χ2n) is 7.93. The molecule has 2 aromatic carbocycles. The fourth-order valence-electron chi connectivity index (χ4n) is 4.22. The number of sulfonamides is 1. The van der Waals surface area contributed by atoms with Gasteiger partial charge in [0.15, 0.2) is 0 Å². The van der Waals surface area contributed by atoms with E-state index in [0.717, 1.165) is 11.1 Å². The first-order valence-electron chi connectivity index (χ1n) is 10.7. The van der Waals surface area contributed by atoms with Gasteiger partial charge in [-0.15, -0.1) is 0 Å². The maximum atomic E-state index is 13.4. The van der Waals surface area contributed by atoms with Gasteiger partial charge in [-0.05, 0) is 11.1 Å². The van der Waals surface area contributed by atoms with Gasteiger partial charge >= 0.3 is 0 Å². The van der Waals surface area contributed by atoms with Crippen molar-refractivity contribution in [3.8, 4) is 0 Å². The molecule has 2 aliphatic rings. The van der Waals surface area contributed by atoms with E-state index in [1.165, 1.54) is 0 Å². The van der Waals surface area contributed by atoms with Crippen molar-refractivity contribution in [1.82, 2.24) is 14.1 Å². The molecule has 2 saturated heterocycles. The summed E-state index contributed by atoms with van der Waals surface area (Å²) in [5.74, 6) is 0.0675. The van der Waals surface area contributed by atoms with Gasteiger partial charge in [0.1, 0.15) is 6.04 Å². The third kappa shape index (κ3) is 5.33. The Morgan fingerprint density at radius 3 is 2.03 bits per heavy atom. The highest BCUT2D eigenvalue weighted by Gasteiger charge is 2.36. The summed E-state index contributed by atoms with van der Waals surface area (Å²) in [5, 5.41) is 0. The molecule has 166 valence electrons. The summed E-state index contributed by atoms with van der Waals surface area (Å²) in [5.41, 5.74) is 1.73. The van der Waals surface area contributed by atoms with E-state index >= 15 is 0 Å². The molecule has 8 heteroatoms. The van der Waals surface area contributed by atoms with Crippen LogP contribution in [0, 0.1) is 0 Å². The van der Waals surface area contributed by atoms with E-state index in [4.69, 9.17) is 4.74 Å². The largest absolute Gasteiger partial charge is 0.378 e. The molecule has 0 unspecified atom stereocenters. The van der Waals surface area contributed by atoms with Crippen molar-refractivity contribution in [2.24, 2.45) is 0 Å². The third-order valence-electron chi connectivity index (χ3n) is 5.90. The number of hydrogen-bond donors (Lipinski definition) is 0. The topological polar surface area (TPSA) is 70.2 Å². The molecule has 2 aliphatic heterocycles. The number of carbonyl (C=O) groups excluding carboxylic acids is 1. The lowest BCUT2D eigenvalue weighted by Gasteiger charge is -2.40. The third-order valence-corrected chi connectivity index (χ3v) is 7.75. The number of morpholine rings is 1. The van der Waals surface area contributed by atoms with Crippen LogP contribution < -0.4 is 0 Å². The molecule has 2 aromatic rings. The minimum atomic E-state index is -3.40. The van der Waals surface area contributed by atoms with Crippen LogP contribution in [0.4, 0.5) is 0 Å². The Kier molecular flexibility index (Phi) is 7.02. The Labute approximate surface area is 184 Å². The summed E-state index contributed by atoms with van der Waals surface area (Å²) in [4.78, 5) is 17.4. The van der Waals surface area contributed by atoms with Gasteiger partial charge in [-0.25, -0.2) is 8.42 Å². The second-order valence-corrected chi connectivity index (χ2v) is 9.90. The molecule has 0 aromatic heterocycles. The smallest absolute Gasteiger partial charge is 0.244 e. The van der Waals surface area contributed by atoms with Crippen LogP contribution in [0.15, 0.2) is 60.7 Å². The zero-order valence-electron chi connectivity index (χ0n) is 17.6. The molecular formula is C23H29N3O4S. The second kappa shape index (κ2) is 9.91. The van der Waals surface area contributed by atoms with Gasteiger partial charge in [0.05, 0.1) is 19.0 Å². The van der Waals surface area contributed by atoms with Gasteiger partial charge < -0.3 is 9.64 Å². The van der Waals surface area contributed by atoms with Gasteiger partial charge in [0.25, 0.3) is 0 Å². The molecule has 4 rings (SSSR count). The first kappa shape index (κ1) is 22.0. The minimum absolute atomic E-state index is 0.00264. The zero-order chi connectivity index (χ0) is 21.7. The quantitative estimate of drug-likeness (QED) is 0.680. The molecule has 31 heavy (non-hydrogen) atoms. The fraction of sp³-hybridized carbons (Fsp3) is 0.435. The van der Waals surface area contributed by atoms with E-state index in [1.807, 2.05) is 65.6 Å². The van der Waals surface area contributed by atoms with Crippen LogP contribution in [0.2, 0.25) is 0 Å². The van der Waals surface area contributed by atoms with E-state index in [9.17, 15) is 13.2 Å². The molecule has 0 N–H and O–H groups in total. The summed E-state index contributed by atoms with van der Waals surface area (Å²) in [6.07, 6.45) is 0. The Bertz CT molecular complexity index is 955.